The molecule has 1 N–H and O–H groups in total. The molecule has 15 heavy (non-hydrogen) atoms. The lowest BCUT2D eigenvalue weighted by atomic mass is 10.2. The van der Waals surface area contributed by atoms with E-state index in [1.54, 1.807) is 13.8 Å². The van der Waals surface area contributed by atoms with Crippen LogP contribution in [0, 0.1) is 0 Å². The molecule has 0 aromatic carbocycles. The van der Waals surface area contributed by atoms with E-state index in [9.17, 15) is 9.59 Å². The highest BCUT2D eigenvalue weighted by atomic mass is 35.5. The molecular weight excluding hydrogens is 241 g/mol. The summed E-state index contributed by atoms with van der Waals surface area (Å²) in [5.41, 5.74) is -0.656. The number of hydrogen-bond acceptors (Lipinski definition) is 2. The van der Waals surface area contributed by atoms with Crippen molar-refractivity contribution in [3.63, 3.8) is 0 Å². The van der Waals surface area contributed by atoms with Crippen molar-refractivity contribution in [2.75, 3.05) is 0 Å². The molecule has 1 aromatic rings. The molecule has 1 aromatic heterocycles. The number of carboxylic acids is 1. The highest BCUT2D eigenvalue weighted by Gasteiger charge is 2.18. The minimum absolute atomic E-state index is 0.171. The number of rotatable bonds is 2. The van der Waals surface area contributed by atoms with Gasteiger partial charge in [-0.1, -0.05) is 23.2 Å². The molecule has 0 spiro atoms. The van der Waals surface area contributed by atoms with Crippen LogP contribution in [0.25, 0.3) is 0 Å². The molecular formula is C9H9Cl2NO3. The van der Waals surface area contributed by atoms with Gasteiger partial charge in [0.05, 0.1) is 10.6 Å². The lowest BCUT2D eigenvalue weighted by Gasteiger charge is -2.12. The van der Waals surface area contributed by atoms with Crippen molar-refractivity contribution in [1.29, 1.82) is 0 Å². The number of hydrogen-bond donors (Lipinski definition) is 1. The zero-order valence-electron chi connectivity index (χ0n) is 8.12. The minimum atomic E-state index is -1.21. The summed E-state index contributed by atoms with van der Waals surface area (Å²) in [5, 5.41) is 8.35. The standard InChI is InChI=1S/C9H9Cl2NO3/c1-4(2)12-3-5(9(14)15)6(10)7(11)8(12)13/h3-4H,1-2H3,(H,14,15). The summed E-state index contributed by atoms with van der Waals surface area (Å²) in [5.74, 6) is -1.21. The Bertz CT molecular complexity index is 465. The Balaban J connectivity index is 3.60. The number of aromatic carboxylic acids is 1. The van der Waals surface area contributed by atoms with Crippen LogP contribution in [0.1, 0.15) is 30.2 Å². The van der Waals surface area contributed by atoms with Crippen molar-refractivity contribution in [2.45, 2.75) is 19.9 Å². The van der Waals surface area contributed by atoms with Gasteiger partial charge in [0, 0.05) is 12.2 Å². The van der Waals surface area contributed by atoms with E-state index in [1.165, 1.54) is 10.8 Å². The van der Waals surface area contributed by atoms with Gasteiger partial charge in [0.15, 0.2) is 0 Å². The van der Waals surface area contributed by atoms with Crippen LogP contribution < -0.4 is 5.56 Å². The number of pyridine rings is 1. The second kappa shape index (κ2) is 4.24. The average Bonchev–Trinajstić information content (AvgIpc) is 2.13. The predicted molar refractivity (Wildman–Crippen MR) is 58.1 cm³/mol. The van der Waals surface area contributed by atoms with Crippen molar-refractivity contribution in [3.8, 4) is 0 Å². The van der Waals surface area contributed by atoms with Gasteiger partial charge in [-0.15, -0.1) is 0 Å². The van der Waals surface area contributed by atoms with Gasteiger partial charge in [-0.3, -0.25) is 4.79 Å². The molecule has 0 radical (unpaired) electrons. The summed E-state index contributed by atoms with van der Waals surface area (Å²) >= 11 is 11.3. The third kappa shape index (κ3) is 2.16. The first kappa shape index (κ1) is 12.1. The monoisotopic (exact) mass is 249 g/mol. The van der Waals surface area contributed by atoms with Crippen LogP contribution in [0.4, 0.5) is 0 Å². The van der Waals surface area contributed by atoms with Crippen molar-refractivity contribution in [2.24, 2.45) is 0 Å². The smallest absolute Gasteiger partial charge is 0.338 e. The topological polar surface area (TPSA) is 59.3 Å². The van der Waals surface area contributed by atoms with E-state index in [4.69, 9.17) is 28.3 Å². The van der Waals surface area contributed by atoms with E-state index in [1.807, 2.05) is 0 Å². The van der Waals surface area contributed by atoms with E-state index in [-0.39, 0.29) is 21.7 Å². The summed E-state index contributed by atoms with van der Waals surface area (Å²) in [4.78, 5) is 22.4. The molecule has 0 saturated carbocycles. The van der Waals surface area contributed by atoms with Gasteiger partial charge >= 0.3 is 5.97 Å². The Kier molecular flexibility index (Phi) is 3.42. The predicted octanol–water partition coefficient (Wildman–Crippen LogP) is 2.43. The Labute approximate surface area is 96.0 Å². The molecule has 4 nitrogen and oxygen atoms in total. The third-order valence-corrected chi connectivity index (χ3v) is 2.75. The molecule has 0 unspecified atom stereocenters. The molecule has 1 heterocycles. The quantitative estimate of drug-likeness (QED) is 0.876. The van der Waals surface area contributed by atoms with Crippen LogP contribution in [-0.2, 0) is 0 Å². The average molecular weight is 250 g/mol. The lowest BCUT2D eigenvalue weighted by Crippen LogP contribution is -2.24. The highest BCUT2D eigenvalue weighted by Crippen LogP contribution is 2.23. The lowest BCUT2D eigenvalue weighted by molar-refractivity contribution is 0.0696. The first-order valence-corrected chi connectivity index (χ1v) is 4.95. The summed E-state index contributed by atoms with van der Waals surface area (Å²) in [7, 11) is 0. The number of halogens is 2. The molecule has 0 aliphatic heterocycles. The van der Waals surface area contributed by atoms with Gasteiger partial charge in [0.1, 0.15) is 5.02 Å². The van der Waals surface area contributed by atoms with Crippen molar-refractivity contribution in [3.05, 3.63) is 32.2 Å². The maximum Gasteiger partial charge on any atom is 0.338 e. The van der Waals surface area contributed by atoms with Gasteiger partial charge in [-0.25, -0.2) is 4.79 Å². The largest absolute Gasteiger partial charge is 0.478 e. The summed E-state index contributed by atoms with van der Waals surface area (Å²) in [6, 6.07) is -0.176. The Hall–Kier alpha value is -1.00. The van der Waals surface area contributed by atoms with E-state index < -0.39 is 11.5 Å². The maximum atomic E-state index is 11.6. The van der Waals surface area contributed by atoms with E-state index >= 15 is 0 Å². The molecule has 0 atom stereocenters. The van der Waals surface area contributed by atoms with Gasteiger partial charge in [0.2, 0.25) is 0 Å². The van der Waals surface area contributed by atoms with Gasteiger partial charge in [-0.05, 0) is 13.8 Å². The first-order chi connectivity index (χ1) is 6.86. The molecule has 82 valence electrons. The minimum Gasteiger partial charge on any atom is -0.478 e. The third-order valence-electron chi connectivity index (χ3n) is 1.91. The molecule has 6 heteroatoms. The Morgan fingerprint density at radius 2 is 1.93 bits per heavy atom. The van der Waals surface area contributed by atoms with Crippen LogP contribution >= 0.6 is 23.2 Å². The van der Waals surface area contributed by atoms with Crippen LogP contribution in [-0.4, -0.2) is 15.6 Å². The van der Waals surface area contributed by atoms with Crippen molar-refractivity contribution in [1.82, 2.24) is 4.57 Å². The number of aromatic nitrogens is 1. The Morgan fingerprint density at radius 1 is 1.40 bits per heavy atom. The fourth-order valence-electron chi connectivity index (χ4n) is 1.11. The fraction of sp³-hybridized carbons (Fsp3) is 0.333. The number of nitrogens with zero attached hydrogens (tertiary/aromatic N) is 1. The van der Waals surface area contributed by atoms with Crippen molar-refractivity contribution < 1.29 is 9.90 Å². The first-order valence-electron chi connectivity index (χ1n) is 4.19. The van der Waals surface area contributed by atoms with E-state index in [0.717, 1.165) is 0 Å². The van der Waals surface area contributed by atoms with Crippen molar-refractivity contribution >= 4 is 29.2 Å². The Morgan fingerprint density at radius 3 is 2.33 bits per heavy atom. The second-order valence-electron chi connectivity index (χ2n) is 3.28. The van der Waals surface area contributed by atoms with Gasteiger partial charge < -0.3 is 9.67 Å². The molecule has 0 aliphatic rings. The SMILES string of the molecule is CC(C)n1cc(C(=O)O)c(Cl)c(Cl)c1=O. The zero-order chi connectivity index (χ0) is 11.7. The highest BCUT2D eigenvalue weighted by molar-refractivity contribution is 6.43. The summed E-state index contributed by atoms with van der Waals surface area (Å²) < 4.78 is 1.23. The second-order valence-corrected chi connectivity index (χ2v) is 4.04. The number of carbonyl (C=O) groups is 1. The molecule has 0 aliphatic carbocycles. The molecule has 0 bridgehead atoms. The van der Waals surface area contributed by atoms with Crippen LogP contribution in [0.2, 0.25) is 10.0 Å². The van der Waals surface area contributed by atoms with Crippen LogP contribution in [0.15, 0.2) is 11.0 Å². The normalized spacial score (nSPS) is 10.7. The van der Waals surface area contributed by atoms with E-state index in [2.05, 4.69) is 0 Å². The molecule has 0 saturated heterocycles. The molecule has 1 rings (SSSR count). The zero-order valence-corrected chi connectivity index (χ0v) is 9.63. The number of carboxylic acid groups (broad SMARTS) is 1. The summed E-state index contributed by atoms with van der Waals surface area (Å²) in [6.45, 7) is 3.49. The molecule has 0 amide bonds. The van der Waals surface area contributed by atoms with Crippen LogP contribution in [0.5, 0.6) is 0 Å². The van der Waals surface area contributed by atoms with E-state index in [0.29, 0.717) is 0 Å². The molecule has 0 fully saturated rings. The van der Waals surface area contributed by atoms with Crippen LogP contribution in [0.3, 0.4) is 0 Å². The fourth-order valence-corrected chi connectivity index (χ4v) is 1.52. The summed E-state index contributed by atoms with van der Waals surface area (Å²) in [6.07, 6.45) is 1.20. The van der Waals surface area contributed by atoms with Gasteiger partial charge in [0.25, 0.3) is 5.56 Å². The van der Waals surface area contributed by atoms with Gasteiger partial charge in [-0.2, -0.15) is 0 Å². The maximum absolute atomic E-state index is 11.6.